The Morgan fingerprint density at radius 2 is 1.64 bits per heavy atom. The van der Waals surface area contributed by atoms with Crippen LogP contribution in [-0.4, -0.2) is 25.1 Å². The van der Waals surface area contributed by atoms with E-state index in [-0.39, 0.29) is 24.7 Å². The van der Waals surface area contributed by atoms with Crippen molar-refractivity contribution >= 4 is 35.3 Å². The number of hydrazone groups is 1. The second kappa shape index (κ2) is 12.3. The summed E-state index contributed by atoms with van der Waals surface area (Å²) in [7, 11) is 1.53. The number of benzene rings is 3. The average Bonchev–Trinajstić information content (AvgIpc) is 2.83. The molecule has 0 saturated carbocycles. The molecule has 0 radical (unpaired) electrons. The van der Waals surface area contributed by atoms with Crippen molar-refractivity contribution in [3.05, 3.63) is 88.9 Å². The van der Waals surface area contributed by atoms with Crippen molar-refractivity contribution in [3.8, 4) is 11.5 Å². The maximum Gasteiger partial charge on any atom is 0.240 e. The third-order valence-corrected chi connectivity index (χ3v) is 4.81. The highest BCUT2D eigenvalue weighted by Crippen LogP contribution is 2.23. The van der Waals surface area contributed by atoms with Crippen LogP contribution in [0.3, 0.4) is 0 Å². The number of para-hydroxylation sites is 2. The number of carbonyl (C=O) groups excluding carboxylic acids is 2. The van der Waals surface area contributed by atoms with E-state index in [1.165, 1.54) is 13.3 Å². The normalized spacial score (nSPS) is 10.6. The third kappa shape index (κ3) is 7.97. The van der Waals surface area contributed by atoms with Crippen molar-refractivity contribution in [2.75, 3.05) is 12.4 Å². The number of methoxy groups -OCH3 is 1. The Morgan fingerprint density at radius 1 is 0.939 bits per heavy atom. The number of anilines is 1. The van der Waals surface area contributed by atoms with Gasteiger partial charge in [-0.2, -0.15) is 5.10 Å². The number of halogens is 1. The minimum atomic E-state index is -0.357. The average molecular weight is 466 g/mol. The smallest absolute Gasteiger partial charge is 0.240 e. The van der Waals surface area contributed by atoms with E-state index in [1.807, 2.05) is 54.6 Å². The van der Waals surface area contributed by atoms with Gasteiger partial charge in [-0.1, -0.05) is 35.9 Å². The molecule has 0 spiro atoms. The Balaban J connectivity index is 1.38. The number of carbonyl (C=O) groups is 2. The van der Waals surface area contributed by atoms with E-state index in [0.29, 0.717) is 28.8 Å². The van der Waals surface area contributed by atoms with E-state index in [0.717, 1.165) is 11.1 Å². The van der Waals surface area contributed by atoms with E-state index in [2.05, 4.69) is 15.8 Å². The van der Waals surface area contributed by atoms with Crippen LogP contribution in [0.25, 0.3) is 0 Å². The molecule has 8 heteroatoms. The number of nitrogens with one attached hydrogen (secondary N) is 2. The standard InChI is InChI=1S/C25H24ClN3O4/c1-32-23-5-3-2-4-22(23)28-24(30)14-15-25(31)29-27-16-18-8-12-21(13-9-18)33-17-19-6-10-20(26)11-7-19/h2-13,16H,14-15,17H2,1H3,(H,28,30)(H,29,31). The SMILES string of the molecule is COc1ccccc1NC(=O)CCC(=O)NN=Cc1ccc(OCc2ccc(Cl)cc2)cc1. The van der Waals surface area contributed by atoms with Crippen LogP contribution in [0.5, 0.6) is 11.5 Å². The molecule has 170 valence electrons. The lowest BCUT2D eigenvalue weighted by Crippen LogP contribution is -2.20. The Kier molecular flexibility index (Phi) is 8.85. The highest BCUT2D eigenvalue weighted by Gasteiger charge is 2.09. The van der Waals surface area contributed by atoms with E-state index in [9.17, 15) is 9.59 Å². The Bertz CT molecular complexity index is 1100. The van der Waals surface area contributed by atoms with Crippen LogP contribution in [0.2, 0.25) is 5.02 Å². The first-order chi connectivity index (χ1) is 16.0. The van der Waals surface area contributed by atoms with E-state index in [1.54, 1.807) is 18.2 Å². The monoisotopic (exact) mass is 465 g/mol. The first-order valence-corrected chi connectivity index (χ1v) is 10.6. The predicted octanol–water partition coefficient (Wildman–Crippen LogP) is 4.80. The second-order valence-corrected chi connectivity index (χ2v) is 7.46. The fourth-order valence-electron chi connectivity index (χ4n) is 2.82. The van der Waals surface area contributed by atoms with E-state index >= 15 is 0 Å². The fraction of sp³-hybridized carbons (Fsp3) is 0.160. The van der Waals surface area contributed by atoms with Crippen LogP contribution >= 0.6 is 11.6 Å². The lowest BCUT2D eigenvalue weighted by molar-refractivity contribution is -0.124. The molecule has 3 rings (SSSR count). The molecule has 2 N–H and O–H groups in total. The van der Waals surface area contributed by atoms with Gasteiger partial charge in [0.15, 0.2) is 0 Å². The first kappa shape index (κ1) is 23.8. The summed E-state index contributed by atoms with van der Waals surface area (Å²) in [6.45, 7) is 0.436. The van der Waals surface area contributed by atoms with Gasteiger partial charge >= 0.3 is 0 Å². The number of hydrogen-bond donors (Lipinski definition) is 2. The molecular weight excluding hydrogens is 442 g/mol. The Labute approximate surface area is 197 Å². The van der Waals surface area contributed by atoms with Gasteiger partial charge in [0.05, 0.1) is 19.0 Å². The largest absolute Gasteiger partial charge is 0.495 e. The molecular formula is C25H24ClN3O4. The first-order valence-electron chi connectivity index (χ1n) is 10.3. The summed E-state index contributed by atoms with van der Waals surface area (Å²) < 4.78 is 10.9. The van der Waals surface area contributed by atoms with Crippen LogP contribution in [0.1, 0.15) is 24.0 Å². The zero-order valence-corrected chi connectivity index (χ0v) is 18.8. The summed E-state index contributed by atoms with van der Waals surface area (Å²) in [5.41, 5.74) is 4.79. The predicted molar refractivity (Wildman–Crippen MR) is 129 cm³/mol. The molecule has 0 aliphatic heterocycles. The Morgan fingerprint density at radius 3 is 2.36 bits per heavy atom. The molecule has 0 aliphatic rings. The van der Waals surface area contributed by atoms with Crippen molar-refractivity contribution in [2.45, 2.75) is 19.4 Å². The van der Waals surface area contributed by atoms with Crippen molar-refractivity contribution in [1.29, 1.82) is 0 Å². The molecule has 0 aromatic heterocycles. The maximum absolute atomic E-state index is 12.1. The minimum absolute atomic E-state index is 0.00972. The van der Waals surface area contributed by atoms with Crippen molar-refractivity contribution < 1.29 is 19.1 Å². The van der Waals surface area contributed by atoms with E-state index in [4.69, 9.17) is 21.1 Å². The van der Waals surface area contributed by atoms with Crippen molar-refractivity contribution in [2.24, 2.45) is 5.10 Å². The number of nitrogens with zero attached hydrogens (tertiary/aromatic N) is 1. The summed E-state index contributed by atoms with van der Waals surface area (Å²) in [6, 6.07) is 21.8. The van der Waals surface area contributed by atoms with Gasteiger partial charge < -0.3 is 14.8 Å². The number of rotatable bonds is 10. The van der Waals surface area contributed by atoms with Crippen LogP contribution in [0, 0.1) is 0 Å². The maximum atomic E-state index is 12.1. The van der Waals surface area contributed by atoms with Gasteiger partial charge in [-0.3, -0.25) is 9.59 Å². The molecule has 0 saturated heterocycles. The molecule has 7 nitrogen and oxygen atoms in total. The molecule has 0 atom stereocenters. The molecule has 0 aliphatic carbocycles. The van der Waals surface area contributed by atoms with Gasteiger partial charge in [0.2, 0.25) is 11.8 Å². The van der Waals surface area contributed by atoms with Crippen LogP contribution in [-0.2, 0) is 16.2 Å². The number of hydrogen-bond acceptors (Lipinski definition) is 5. The molecule has 3 aromatic carbocycles. The van der Waals surface area contributed by atoms with Crippen LogP contribution < -0.4 is 20.2 Å². The van der Waals surface area contributed by atoms with Crippen molar-refractivity contribution in [1.82, 2.24) is 5.43 Å². The van der Waals surface area contributed by atoms with Crippen LogP contribution in [0.15, 0.2) is 77.9 Å². The zero-order chi connectivity index (χ0) is 23.5. The van der Waals surface area contributed by atoms with Gasteiger partial charge in [0, 0.05) is 17.9 Å². The summed E-state index contributed by atoms with van der Waals surface area (Å²) >= 11 is 5.88. The molecule has 0 bridgehead atoms. The summed E-state index contributed by atoms with van der Waals surface area (Å²) in [4.78, 5) is 24.0. The van der Waals surface area contributed by atoms with Gasteiger partial charge in [-0.25, -0.2) is 5.43 Å². The minimum Gasteiger partial charge on any atom is -0.495 e. The lowest BCUT2D eigenvalue weighted by atomic mass is 10.2. The quantitative estimate of drug-likeness (QED) is 0.332. The van der Waals surface area contributed by atoms with E-state index < -0.39 is 0 Å². The van der Waals surface area contributed by atoms with Gasteiger partial charge in [-0.15, -0.1) is 0 Å². The molecule has 0 heterocycles. The molecule has 3 aromatic rings. The molecule has 0 unspecified atom stereocenters. The molecule has 33 heavy (non-hydrogen) atoms. The summed E-state index contributed by atoms with van der Waals surface area (Å²) in [5.74, 6) is 0.630. The topological polar surface area (TPSA) is 89.0 Å². The lowest BCUT2D eigenvalue weighted by Gasteiger charge is -2.09. The number of amides is 2. The highest BCUT2D eigenvalue weighted by molar-refractivity contribution is 6.30. The summed E-state index contributed by atoms with van der Waals surface area (Å²) in [5, 5.41) is 7.35. The van der Waals surface area contributed by atoms with Crippen LogP contribution in [0.4, 0.5) is 5.69 Å². The second-order valence-electron chi connectivity index (χ2n) is 7.03. The highest BCUT2D eigenvalue weighted by atomic mass is 35.5. The van der Waals surface area contributed by atoms with Gasteiger partial charge in [-0.05, 0) is 59.7 Å². The summed E-state index contributed by atoms with van der Waals surface area (Å²) in [6.07, 6.45) is 1.56. The van der Waals surface area contributed by atoms with Crippen molar-refractivity contribution in [3.63, 3.8) is 0 Å². The zero-order valence-electron chi connectivity index (χ0n) is 18.1. The molecule has 2 amide bonds. The van der Waals surface area contributed by atoms with Gasteiger partial charge in [0.25, 0.3) is 0 Å². The Hall–Kier alpha value is -3.84. The number of ether oxygens (including phenoxy) is 2. The molecule has 0 fully saturated rings. The fourth-order valence-corrected chi connectivity index (χ4v) is 2.95. The van der Waals surface area contributed by atoms with Gasteiger partial charge in [0.1, 0.15) is 18.1 Å². The third-order valence-electron chi connectivity index (χ3n) is 4.56.